The van der Waals surface area contributed by atoms with Crippen LogP contribution in [0.4, 0.5) is 5.69 Å². The summed E-state index contributed by atoms with van der Waals surface area (Å²) >= 11 is 0. The molecular formula is C21H31N3O2. The lowest BCUT2D eigenvalue weighted by atomic mass is 9.77. The van der Waals surface area contributed by atoms with Crippen molar-refractivity contribution in [2.45, 2.75) is 51.9 Å². The van der Waals surface area contributed by atoms with E-state index in [4.69, 9.17) is 0 Å². The Kier molecular flexibility index (Phi) is 6.30. The van der Waals surface area contributed by atoms with Crippen LogP contribution in [0.1, 0.15) is 51.0 Å². The maximum Gasteiger partial charge on any atom is 0.225 e. The molecule has 1 aromatic rings. The number of carbonyl (C=O) groups is 2. The van der Waals surface area contributed by atoms with Gasteiger partial charge in [0.15, 0.2) is 0 Å². The minimum atomic E-state index is 0.0734. The van der Waals surface area contributed by atoms with E-state index >= 15 is 0 Å². The van der Waals surface area contributed by atoms with Crippen molar-refractivity contribution < 1.29 is 9.59 Å². The van der Waals surface area contributed by atoms with Crippen LogP contribution < -0.4 is 10.6 Å². The number of likely N-dealkylation sites (tertiary alicyclic amines) is 1. The van der Waals surface area contributed by atoms with Crippen LogP contribution in [0.2, 0.25) is 0 Å². The van der Waals surface area contributed by atoms with Gasteiger partial charge in [0.1, 0.15) is 0 Å². The van der Waals surface area contributed by atoms with E-state index < -0.39 is 0 Å². The molecule has 2 saturated heterocycles. The molecule has 3 rings (SSSR count). The van der Waals surface area contributed by atoms with Crippen LogP contribution in [0.5, 0.6) is 0 Å². The Bertz CT molecular complexity index is 619. The van der Waals surface area contributed by atoms with Gasteiger partial charge >= 0.3 is 0 Å². The van der Waals surface area contributed by atoms with Gasteiger partial charge in [-0.25, -0.2) is 0 Å². The largest absolute Gasteiger partial charge is 0.356 e. The first-order valence-corrected chi connectivity index (χ1v) is 9.96. The number of piperidine rings is 1. The second-order valence-electron chi connectivity index (χ2n) is 7.89. The van der Waals surface area contributed by atoms with E-state index in [1.807, 2.05) is 12.1 Å². The molecule has 0 atom stereocenters. The smallest absolute Gasteiger partial charge is 0.225 e. The SMILES string of the molecule is CCCCc1ccc(NC(=O)CCN2CCC3(CC2)CNC(=O)C3)cc1. The molecular weight excluding hydrogens is 326 g/mol. The van der Waals surface area contributed by atoms with E-state index in [-0.39, 0.29) is 17.2 Å². The quantitative estimate of drug-likeness (QED) is 0.789. The number of unbranched alkanes of at least 4 members (excludes halogenated alkanes) is 1. The molecule has 2 amide bonds. The molecule has 2 fully saturated rings. The Balaban J connectivity index is 1.37. The second-order valence-corrected chi connectivity index (χ2v) is 7.89. The summed E-state index contributed by atoms with van der Waals surface area (Å²) in [5, 5.41) is 5.96. The normalized spacial score (nSPS) is 19.5. The summed E-state index contributed by atoms with van der Waals surface area (Å²) < 4.78 is 0. The monoisotopic (exact) mass is 357 g/mol. The molecule has 2 aliphatic rings. The predicted molar refractivity (Wildman–Crippen MR) is 104 cm³/mol. The van der Waals surface area contributed by atoms with Crippen LogP contribution in [0.3, 0.4) is 0 Å². The minimum Gasteiger partial charge on any atom is -0.356 e. The Labute approximate surface area is 156 Å². The third-order valence-corrected chi connectivity index (χ3v) is 5.82. The number of aryl methyl sites for hydroxylation is 1. The number of hydrogen-bond donors (Lipinski definition) is 2. The van der Waals surface area contributed by atoms with Crippen molar-refractivity contribution in [2.24, 2.45) is 5.41 Å². The molecule has 26 heavy (non-hydrogen) atoms. The Morgan fingerprint density at radius 1 is 1.23 bits per heavy atom. The molecule has 2 heterocycles. The fraction of sp³-hybridized carbons (Fsp3) is 0.619. The van der Waals surface area contributed by atoms with Gasteiger partial charge in [0, 0.05) is 31.6 Å². The molecule has 0 saturated carbocycles. The lowest BCUT2D eigenvalue weighted by Crippen LogP contribution is -2.42. The summed E-state index contributed by atoms with van der Waals surface area (Å²) in [4.78, 5) is 26.0. The van der Waals surface area contributed by atoms with Crippen molar-refractivity contribution >= 4 is 17.5 Å². The van der Waals surface area contributed by atoms with Gasteiger partial charge in [0.25, 0.3) is 0 Å². The van der Waals surface area contributed by atoms with E-state index in [0.29, 0.717) is 12.8 Å². The first-order chi connectivity index (χ1) is 12.6. The van der Waals surface area contributed by atoms with Gasteiger partial charge < -0.3 is 15.5 Å². The van der Waals surface area contributed by atoms with Crippen LogP contribution in [-0.2, 0) is 16.0 Å². The zero-order chi connectivity index (χ0) is 18.4. The van der Waals surface area contributed by atoms with Gasteiger partial charge in [-0.1, -0.05) is 25.5 Å². The van der Waals surface area contributed by atoms with Crippen LogP contribution >= 0.6 is 0 Å². The molecule has 0 aliphatic carbocycles. The molecule has 0 aromatic heterocycles. The number of carbonyl (C=O) groups excluding carboxylic acids is 2. The number of rotatable bonds is 7. The third kappa shape index (κ3) is 5.07. The molecule has 0 radical (unpaired) electrons. The summed E-state index contributed by atoms with van der Waals surface area (Å²) in [6.45, 7) is 5.77. The topological polar surface area (TPSA) is 61.4 Å². The van der Waals surface area contributed by atoms with Crippen molar-refractivity contribution in [3.63, 3.8) is 0 Å². The Hall–Kier alpha value is -1.88. The molecule has 1 aromatic carbocycles. The number of nitrogens with zero attached hydrogens (tertiary/aromatic N) is 1. The minimum absolute atomic E-state index is 0.0734. The first kappa shape index (κ1) is 18.9. The molecule has 2 N–H and O–H groups in total. The summed E-state index contributed by atoms with van der Waals surface area (Å²) in [5.74, 6) is 0.267. The van der Waals surface area contributed by atoms with E-state index in [1.54, 1.807) is 0 Å². The number of hydrogen-bond acceptors (Lipinski definition) is 3. The average Bonchev–Trinajstić information content (AvgIpc) is 3.01. The number of amides is 2. The van der Waals surface area contributed by atoms with Gasteiger partial charge in [0.2, 0.25) is 11.8 Å². The molecule has 142 valence electrons. The van der Waals surface area contributed by atoms with E-state index in [0.717, 1.165) is 51.1 Å². The molecule has 0 unspecified atom stereocenters. The van der Waals surface area contributed by atoms with Crippen LogP contribution in [-0.4, -0.2) is 42.9 Å². The van der Waals surface area contributed by atoms with Crippen molar-refractivity contribution in [1.29, 1.82) is 0 Å². The highest BCUT2D eigenvalue weighted by Crippen LogP contribution is 2.37. The van der Waals surface area contributed by atoms with E-state index in [1.165, 1.54) is 18.4 Å². The maximum atomic E-state index is 12.2. The molecule has 5 nitrogen and oxygen atoms in total. The summed E-state index contributed by atoms with van der Waals surface area (Å²) in [7, 11) is 0. The zero-order valence-corrected chi connectivity index (χ0v) is 15.9. The maximum absolute atomic E-state index is 12.2. The fourth-order valence-electron chi connectivity index (χ4n) is 3.98. The van der Waals surface area contributed by atoms with Crippen molar-refractivity contribution in [2.75, 3.05) is 31.5 Å². The summed E-state index contributed by atoms with van der Waals surface area (Å²) in [6, 6.07) is 8.20. The van der Waals surface area contributed by atoms with Gasteiger partial charge in [-0.15, -0.1) is 0 Å². The first-order valence-electron chi connectivity index (χ1n) is 9.96. The number of benzene rings is 1. The Morgan fingerprint density at radius 3 is 2.58 bits per heavy atom. The van der Waals surface area contributed by atoms with Crippen molar-refractivity contribution in [1.82, 2.24) is 10.2 Å². The average molecular weight is 357 g/mol. The van der Waals surface area contributed by atoms with E-state index in [9.17, 15) is 9.59 Å². The van der Waals surface area contributed by atoms with Crippen LogP contribution in [0.15, 0.2) is 24.3 Å². The van der Waals surface area contributed by atoms with Gasteiger partial charge in [-0.3, -0.25) is 9.59 Å². The molecule has 5 heteroatoms. The van der Waals surface area contributed by atoms with Crippen LogP contribution in [0.25, 0.3) is 0 Å². The number of nitrogens with one attached hydrogen (secondary N) is 2. The summed E-state index contributed by atoms with van der Waals surface area (Å²) in [5.41, 5.74) is 2.38. The van der Waals surface area contributed by atoms with Crippen molar-refractivity contribution in [3.05, 3.63) is 29.8 Å². The highest BCUT2D eigenvalue weighted by atomic mass is 16.2. The molecule has 1 spiro atoms. The number of anilines is 1. The molecule has 2 aliphatic heterocycles. The highest BCUT2D eigenvalue weighted by Gasteiger charge is 2.40. The van der Waals surface area contributed by atoms with Crippen molar-refractivity contribution in [3.8, 4) is 0 Å². The third-order valence-electron chi connectivity index (χ3n) is 5.82. The summed E-state index contributed by atoms with van der Waals surface area (Å²) in [6.07, 6.45) is 6.79. The van der Waals surface area contributed by atoms with Crippen LogP contribution in [0, 0.1) is 5.41 Å². The highest BCUT2D eigenvalue weighted by molar-refractivity contribution is 5.90. The second kappa shape index (κ2) is 8.67. The van der Waals surface area contributed by atoms with Gasteiger partial charge in [-0.05, 0) is 61.9 Å². The lowest BCUT2D eigenvalue weighted by molar-refractivity contribution is -0.119. The van der Waals surface area contributed by atoms with Gasteiger partial charge in [0.05, 0.1) is 0 Å². The van der Waals surface area contributed by atoms with Gasteiger partial charge in [-0.2, -0.15) is 0 Å². The Morgan fingerprint density at radius 2 is 1.96 bits per heavy atom. The zero-order valence-electron chi connectivity index (χ0n) is 15.9. The lowest BCUT2D eigenvalue weighted by Gasteiger charge is -2.38. The fourth-order valence-corrected chi connectivity index (χ4v) is 3.98. The standard InChI is InChI=1S/C21H31N3O2/c1-2-3-4-17-5-7-18(8-6-17)23-19(25)9-12-24-13-10-21(11-14-24)15-20(26)22-16-21/h5-8H,2-4,9-16H2,1H3,(H,22,26)(H,23,25). The van der Waals surface area contributed by atoms with E-state index in [2.05, 4.69) is 34.6 Å². The molecule has 0 bridgehead atoms. The predicted octanol–water partition coefficient (Wildman–Crippen LogP) is 2.96.